The molecule has 2 aromatic heterocycles. The van der Waals surface area contributed by atoms with Gasteiger partial charge in [0.1, 0.15) is 5.82 Å². The number of H-pyrrole nitrogens is 1. The van der Waals surface area contributed by atoms with Crippen LogP contribution in [0.25, 0.3) is 22.4 Å². The van der Waals surface area contributed by atoms with E-state index in [1.54, 1.807) is 0 Å². The van der Waals surface area contributed by atoms with Crippen LogP contribution in [0.15, 0.2) is 30.5 Å². The molecule has 0 unspecified atom stereocenters. The molecule has 18 heavy (non-hydrogen) atoms. The van der Waals surface area contributed by atoms with Crippen LogP contribution in [0.2, 0.25) is 0 Å². The zero-order valence-corrected chi connectivity index (χ0v) is 8.92. The van der Waals surface area contributed by atoms with Crippen LogP contribution in [0.1, 0.15) is 0 Å². The van der Waals surface area contributed by atoms with E-state index in [-0.39, 0.29) is 0 Å². The Morgan fingerprint density at radius 3 is 2.50 bits per heavy atom. The van der Waals surface area contributed by atoms with Crippen molar-refractivity contribution in [2.24, 2.45) is 0 Å². The van der Waals surface area contributed by atoms with Crippen LogP contribution in [-0.2, 0) is 0 Å². The second-order valence-electron chi connectivity index (χ2n) is 3.74. The number of imidazole rings is 1. The number of hydrogen-bond acceptors (Lipinski definition) is 2. The lowest BCUT2D eigenvalue weighted by atomic mass is 10.3. The third kappa shape index (κ3) is 1.71. The average Bonchev–Trinajstić information content (AvgIpc) is 2.73. The van der Waals surface area contributed by atoms with Crippen LogP contribution >= 0.6 is 0 Å². The Bertz CT molecular complexity index is 680. The predicted octanol–water partition coefficient (Wildman–Crippen LogP) is 3.04. The zero-order chi connectivity index (χ0) is 12.7. The van der Waals surface area contributed by atoms with E-state index in [0.29, 0.717) is 22.4 Å². The highest BCUT2D eigenvalue weighted by atomic mass is 19.2. The minimum Gasteiger partial charge on any atom is -0.338 e. The maximum Gasteiger partial charge on any atom is 0.212 e. The lowest BCUT2D eigenvalue weighted by molar-refractivity contribution is 0.510. The van der Waals surface area contributed by atoms with E-state index in [1.165, 1.54) is 18.3 Å². The Morgan fingerprint density at radius 1 is 1.00 bits per heavy atom. The summed E-state index contributed by atoms with van der Waals surface area (Å²) in [6.45, 7) is 0. The van der Waals surface area contributed by atoms with E-state index in [2.05, 4.69) is 15.0 Å². The zero-order valence-electron chi connectivity index (χ0n) is 8.92. The molecule has 1 aromatic carbocycles. The van der Waals surface area contributed by atoms with E-state index >= 15 is 0 Å². The minimum atomic E-state index is -0.960. The van der Waals surface area contributed by atoms with E-state index in [0.717, 1.165) is 12.1 Å². The lowest BCUT2D eigenvalue weighted by Crippen LogP contribution is -1.84. The van der Waals surface area contributed by atoms with Gasteiger partial charge in [-0.2, -0.15) is 4.39 Å². The maximum absolute atomic E-state index is 13.0. The van der Waals surface area contributed by atoms with Gasteiger partial charge in [0, 0.05) is 23.9 Å². The van der Waals surface area contributed by atoms with Gasteiger partial charge in [-0.1, -0.05) is 0 Å². The predicted molar refractivity (Wildman–Crippen MR) is 59.2 cm³/mol. The van der Waals surface area contributed by atoms with Crippen molar-refractivity contribution in [3.05, 3.63) is 48.0 Å². The van der Waals surface area contributed by atoms with Gasteiger partial charge < -0.3 is 4.98 Å². The van der Waals surface area contributed by atoms with E-state index in [1.807, 2.05) is 0 Å². The van der Waals surface area contributed by atoms with Gasteiger partial charge in [0.2, 0.25) is 5.95 Å². The number of hydrogen-bond donors (Lipinski definition) is 1. The molecule has 0 radical (unpaired) electrons. The summed E-state index contributed by atoms with van der Waals surface area (Å²) in [6, 6.07) is 4.69. The first-order chi connectivity index (χ1) is 8.63. The van der Waals surface area contributed by atoms with Gasteiger partial charge in [-0.25, -0.2) is 18.7 Å². The molecule has 6 heteroatoms. The Kier molecular flexibility index (Phi) is 2.29. The van der Waals surface area contributed by atoms with Crippen LogP contribution in [0.4, 0.5) is 13.2 Å². The molecule has 2 heterocycles. The summed E-state index contributed by atoms with van der Waals surface area (Å²) in [7, 11) is 0. The second kappa shape index (κ2) is 3.83. The molecule has 3 aromatic rings. The summed E-state index contributed by atoms with van der Waals surface area (Å²) in [4.78, 5) is 10.4. The number of pyridine rings is 1. The number of aromatic amines is 1. The molecule has 0 fully saturated rings. The van der Waals surface area contributed by atoms with Gasteiger partial charge in [0.05, 0.1) is 11.0 Å². The summed E-state index contributed by atoms with van der Waals surface area (Å²) < 4.78 is 38.7. The largest absolute Gasteiger partial charge is 0.338 e. The van der Waals surface area contributed by atoms with Crippen LogP contribution in [0.3, 0.4) is 0 Å². The summed E-state index contributed by atoms with van der Waals surface area (Å²) in [6.07, 6.45) is 1.29. The van der Waals surface area contributed by atoms with Crippen LogP contribution in [0, 0.1) is 17.6 Å². The molecule has 0 spiro atoms. The molecule has 0 saturated heterocycles. The van der Waals surface area contributed by atoms with Gasteiger partial charge in [-0.05, 0) is 12.1 Å². The fraction of sp³-hybridized carbons (Fsp3) is 0. The fourth-order valence-corrected chi connectivity index (χ4v) is 1.66. The van der Waals surface area contributed by atoms with Crippen molar-refractivity contribution in [1.82, 2.24) is 15.0 Å². The Hall–Kier alpha value is -2.37. The Morgan fingerprint density at radius 2 is 1.78 bits per heavy atom. The van der Waals surface area contributed by atoms with Gasteiger partial charge in [0.25, 0.3) is 0 Å². The molecule has 3 nitrogen and oxygen atoms in total. The Balaban J connectivity index is 2.16. The highest BCUT2D eigenvalue weighted by Gasteiger charge is 2.10. The normalized spacial score (nSPS) is 11.1. The van der Waals surface area contributed by atoms with Gasteiger partial charge in [-0.15, -0.1) is 0 Å². The first-order valence-electron chi connectivity index (χ1n) is 5.10. The first-order valence-corrected chi connectivity index (χ1v) is 5.10. The molecular weight excluding hydrogens is 243 g/mol. The molecule has 0 aliphatic carbocycles. The van der Waals surface area contributed by atoms with Gasteiger partial charge in [0.15, 0.2) is 11.6 Å². The molecule has 0 bridgehead atoms. The van der Waals surface area contributed by atoms with E-state index in [4.69, 9.17) is 0 Å². The lowest BCUT2D eigenvalue weighted by Gasteiger charge is -1.94. The quantitative estimate of drug-likeness (QED) is 0.673. The first kappa shape index (κ1) is 10.8. The SMILES string of the molecule is Fc1ccc(-c2nc3cc(F)c(F)cc3[nH]2)cn1. The van der Waals surface area contributed by atoms with Crippen molar-refractivity contribution in [3.63, 3.8) is 0 Å². The highest BCUT2D eigenvalue weighted by molar-refractivity contribution is 5.79. The monoisotopic (exact) mass is 249 g/mol. The molecule has 0 atom stereocenters. The van der Waals surface area contributed by atoms with E-state index in [9.17, 15) is 13.2 Å². The summed E-state index contributed by atoms with van der Waals surface area (Å²) in [5, 5.41) is 0. The number of nitrogens with zero attached hydrogens (tertiary/aromatic N) is 2. The summed E-state index contributed by atoms with van der Waals surface area (Å²) >= 11 is 0. The maximum atomic E-state index is 13.0. The minimum absolute atomic E-state index is 0.299. The van der Waals surface area contributed by atoms with Crippen molar-refractivity contribution in [1.29, 1.82) is 0 Å². The van der Waals surface area contributed by atoms with Crippen molar-refractivity contribution < 1.29 is 13.2 Å². The molecule has 0 saturated carbocycles. The van der Waals surface area contributed by atoms with Crippen LogP contribution in [0.5, 0.6) is 0 Å². The average molecular weight is 249 g/mol. The fourth-order valence-electron chi connectivity index (χ4n) is 1.66. The molecule has 0 aliphatic rings. The number of fused-ring (bicyclic) bond motifs is 1. The molecule has 0 amide bonds. The highest BCUT2D eigenvalue weighted by Crippen LogP contribution is 2.21. The van der Waals surface area contributed by atoms with Crippen LogP contribution < -0.4 is 0 Å². The van der Waals surface area contributed by atoms with Crippen molar-refractivity contribution in [3.8, 4) is 11.4 Å². The number of benzene rings is 1. The molecule has 90 valence electrons. The Labute approximate surface area is 99.3 Å². The summed E-state index contributed by atoms with van der Waals surface area (Å²) in [5.41, 5.74) is 1.20. The number of rotatable bonds is 1. The topological polar surface area (TPSA) is 41.6 Å². The third-order valence-corrected chi connectivity index (χ3v) is 2.52. The van der Waals surface area contributed by atoms with E-state index < -0.39 is 17.6 Å². The number of aromatic nitrogens is 3. The van der Waals surface area contributed by atoms with Crippen molar-refractivity contribution in [2.75, 3.05) is 0 Å². The molecule has 3 rings (SSSR count). The molecule has 1 N–H and O–H groups in total. The second-order valence-corrected chi connectivity index (χ2v) is 3.74. The molecule has 0 aliphatic heterocycles. The van der Waals surface area contributed by atoms with Crippen molar-refractivity contribution in [2.45, 2.75) is 0 Å². The van der Waals surface area contributed by atoms with Gasteiger partial charge >= 0.3 is 0 Å². The number of halogens is 3. The molecular formula is C12H6F3N3. The number of nitrogens with one attached hydrogen (secondary N) is 1. The smallest absolute Gasteiger partial charge is 0.212 e. The third-order valence-electron chi connectivity index (χ3n) is 2.52. The summed E-state index contributed by atoms with van der Waals surface area (Å²) in [5.74, 6) is -2.14. The van der Waals surface area contributed by atoms with Crippen molar-refractivity contribution >= 4 is 11.0 Å². The van der Waals surface area contributed by atoms with Gasteiger partial charge in [-0.3, -0.25) is 0 Å². The van der Waals surface area contributed by atoms with Crippen LogP contribution in [-0.4, -0.2) is 15.0 Å². The standard InChI is InChI=1S/C12H6F3N3/c13-7-3-9-10(4-8(7)14)18-12(17-9)6-1-2-11(15)16-5-6/h1-5H,(H,17,18).